The second kappa shape index (κ2) is 5.07. The van der Waals surface area contributed by atoms with Crippen LogP contribution in [0.2, 0.25) is 5.02 Å². The molecule has 4 nitrogen and oxygen atoms in total. The van der Waals surface area contributed by atoms with Crippen LogP contribution >= 0.6 is 27.5 Å². The Morgan fingerprint density at radius 1 is 1.39 bits per heavy atom. The molecule has 0 saturated carbocycles. The summed E-state index contributed by atoms with van der Waals surface area (Å²) in [6.07, 6.45) is 1.37. The summed E-state index contributed by atoms with van der Waals surface area (Å²) in [5.74, 6) is -0.518. The molecule has 0 amide bonds. The molecule has 0 unspecified atom stereocenters. The number of aromatic amines is 1. The molecule has 18 heavy (non-hydrogen) atoms. The van der Waals surface area contributed by atoms with Gasteiger partial charge in [-0.3, -0.25) is 14.3 Å². The zero-order valence-electron chi connectivity index (χ0n) is 8.91. The van der Waals surface area contributed by atoms with Gasteiger partial charge in [0, 0.05) is 6.20 Å². The fourth-order valence-corrected chi connectivity index (χ4v) is 1.98. The molecule has 0 aliphatic carbocycles. The maximum Gasteiger partial charge on any atom is 0.328 e. The Kier molecular flexibility index (Phi) is 3.68. The van der Waals surface area contributed by atoms with Crippen molar-refractivity contribution in [1.82, 2.24) is 9.55 Å². The number of nitrogens with zero attached hydrogens (tertiary/aromatic N) is 1. The lowest BCUT2D eigenvalue weighted by Crippen LogP contribution is -2.30. The second-order valence-electron chi connectivity index (χ2n) is 3.61. The van der Waals surface area contributed by atoms with Crippen LogP contribution in [0.15, 0.2) is 38.5 Å². The van der Waals surface area contributed by atoms with Crippen molar-refractivity contribution in [2.24, 2.45) is 0 Å². The monoisotopic (exact) mass is 332 g/mol. The van der Waals surface area contributed by atoms with Gasteiger partial charge < -0.3 is 0 Å². The first kappa shape index (κ1) is 13.0. The molecule has 0 aliphatic rings. The molecule has 0 radical (unpaired) electrons. The maximum atomic E-state index is 13.0. The Morgan fingerprint density at radius 2 is 2.11 bits per heavy atom. The summed E-state index contributed by atoms with van der Waals surface area (Å²) >= 11 is 8.68. The highest BCUT2D eigenvalue weighted by molar-refractivity contribution is 9.10. The van der Waals surface area contributed by atoms with Gasteiger partial charge in [0.1, 0.15) is 5.82 Å². The van der Waals surface area contributed by atoms with E-state index in [1.807, 2.05) is 0 Å². The van der Waals surface area contributed by atoms with E-state index in [2.05, 4.69) is 20.9 Å². The summed E-state index contributed by atoms with van der Waals surface area (Å²) in [5, 5.41) is -0.0101. The molecule has 0 atom stereocenters. The predicted molar refractivity (Wildman–Crippen MR) is 69.5 cm³/mol. The fraction of sp³-hybridized carbons (Fsp3) is 0.0909. The zero-order chi connectivity index (χ0) is 13.3. The van der Waals surface area contributed by atoms with Crippen molar-refractivity contribution in [3.8, 4) is 0 Å². The van der Waals surface area contributed by atoms with Gasteiger partial charge in [-0.05, 0) is 33.6 Å². The molecule has 0 spiro atoms. The van der Waals surface area contributed by atoms with Crippen LogP contribution in [0.25, 0.3) is 0 Å². The van der Waals surface area contributed by atoms with Crippen molar-refractivity contribution in [3.05, 3.63) is 66.1 Å². The fourth-order valence-electron chi connectivity index (χ4n) is 1.43. The van der Waals surface area contributed by atoms with Crippen molar-refractivity contribution in [2.75, 3.05) is 0 Å². The standard InChI is InChI=1S/C11H7BrClFN2O2/c12-7-5-16(11(18)15-10(7)17)4-6-1-2-9(14)8(13)3-6/h1-3,5H,4H2,(H,15,17,18). The van der Waals surface area contributed by atoms with Gasteiger partial charge in [0.25, 0.3) is 5.56 Å². The average Bonchev–Trinajstić information content (AvgIpc) is 2.31. The number of nitrogens with one attached hydrogen (secondary N) is 1. The van der Waals surface area contributed by atoms with E-state index in [0.717, 1.165) is 0 Å². The van der Waals surface area contributed by atoms with Gasteiger partial charge in [-0.25, -0.2) is 9.18 Å². The van der Waals surface area contributed by atoms with Crippen molar-refractivity contribution in [1.29, 1.82) is 0 Å². The normalized spacial score (nSPS) is 10.6. The molecule has 0 saturated heterocycles. The molecule has 0 bridgehead atoms. The Morgan fingerprint density at radius 3 is 2.78 bits per heavy atom. The third-order valence-electron chi connectivity index (χ3n) is 2.30. The van der Waals surface area contributed by atoms with E-state index in [9.17, 15) is 14.0 Å². The molecule has 0 aliphatic heterocycles. The van der Waals surface area contributed by atoms with Crippen molar-refractivity contribution < 1.29 is 4.39 Å². The summed E-state index contributed by atoms with van der Waals surface area (Å²) in [6, 6.07) is 4.18. The number of hydrogen-bond acceptors (Lipinski definition) is 2. The Hall–Kier alpha value is -1.40. The number of hydrogen-bond donors (Lipinski definition) is 1. The number of halogens is 3. The lowest BCUT2D eigenvalue weighted by atomic mass is 10.2. The molecular weight excluding hydrogens is 326 g/mol. The highest BCUT2D eigenvalue weighted by Crippen LogP contribution is 2.16. The van der Waals surface area contributed by atoms with Crippen LogP contribution in [-0.2, 0) is 6.54 Å². The lowest BCUT2D eigenvalue weighted by Gasteiger charge is -2.06. The molecule has 2 rings (SSSR count). The molecule has 1 heterocycles. The van der Waals surface area contributed by atoms with Crippen LogP contribution in [0.3, 0.4) is 0 Å². The van der Waals surface area contributed by atoms with E-state index in [1.165, 1.54) is 29.0 Å². The smallest absolute Gasteiger partial charge is 0.295 e. The quantitative estimate of drug-likeness (QED) is 0.915. The van der Waals surface area contributed by atoms with E-state index >= 15 is 0 Å². The minimum Gasteiger partial charge on any atom is -0.295 e. The molecule has 2 aromatic rings. The van der Waals surface area contributed by atoms with E-state index in [1.54, 1.807) is 0 Å². The van der Waals surface area contributed by atoms with Crippen LogP contribution < -0.4 is 11.2 Å². The van der Waals surface area contributed by atoms with Crippen LogP contribution in [0.5, 0.6) is 0 Å². The van der Waals surface area contributed by atoms with Crippen molar-refractivity contribution in [3.63, 3.8) is 0 Å². The number of H-pyrrole nitrogens is 1. The van der Waals surface area contributed by atoms with Gasteiger partial charge in [-0.15, -0.1) is 0 Å². The molecule has 0 fully saturated rings. The first-order chi connectivity index (χ1) is 8.47. The summed E-state index contributed by atoms with van der Waals surface area (Å²) in [6.45, 7) is 0.189. The van der Waals surface area contributed by atoms with Crippen LogP contribution in [-0.4, -0.2) is 9.55 Å². The number of benzene rings is 1. The van der Waals surface area contributed by atoms with Gasteiger partial charge in [0.15, 0.2) is 0 Å². The third kappa shape index (κ3) is 2.70. The molecule has 94 valence electrons. The molecule has 1 aromatic heterocycles. The minimum atomic E-state index is -0.538. The van der Waals surface area contributed by atoms with Crippen LogP contribution in [0.1, 0.15) is 5.56 Å². The van der Waals surface area contributed by atoms with E-state index in [4.69, 9.17) is 11.6 Å². The second-order valence-corrected chi connectivity index (χ2v) is 4.87. The maximum absolute atomic E-state index is 13.0. The van der Waals surface area contributed by atoms with Gasteiger partial charge in [0.2, 0.25) is 0 Å². The molecule has 7 heteroatoms. The molecule has 1 aromatic carbocycles. The predicted octanol–water partition coefficient (Wildman–Crippen LogP) is 2.14. The van der Waals surface area contributed by atoms with Crippen molar-refractivity contribution in [2.45, 2.75) is 6.54 Å². The van der Waals surface area contributed by atoms with Gasteiger partial charge in [-0.2, -0.15) is 0 Å². The topological polar surface area (TPSA) is 54.9 Å². The first-order valence-corrected chi connectivity index (χ1v) is 6.07. The Bertz CT molecular complexity index is 711. The lowest BCUT2D eigenvalue weighted by molar-refractivity contribution is 0.626. The summed E-state index contributed by atoms with van der Waals surface area (Å²) in [7, 11) is 0. The van der Waals surface area contributed by atoms with E-state index in [-0.39, 0.29) is 16.0 Å². The molecule has 1 N–H and O–H groups in total. The zero-order valence-corrected chi connectivity index (χ0v) is 11.3. The van der Waals surface area contributed by atoms with E-state index < -0.39 is 17.1 Å². The van der Waals surface area contributed by atoms with Gasteiger partial charge in [-0.1, -0.05) is 17.7 Å². The summed E-state index contributed by atoms with van der Waals surface area (Å²) in [5.41, 5.74) is -0.375. The largest absolute Gasteiger partial charge is 0.328 e. The highest BCUT2D eigenvalue weighted by atomic mass is 79.9. The van der Waals surface area contributed by atoms with Gasteiger partial charge >= 0.3 is 5.69 Å². The van der Waals surface area contributed by atoms with E-state index in [0.29, 0.717) is 5.56 Å². The Balaban J connectivity index is 2.40. The van der Waals surface area contributed by atoms with Crippen LogP contribution in [0.4, 0.5) is 4.39 Å². The SMILES string of the molecule is O=c1[nH]c(=O)n(Cc2ccc(F)c(Cl)c2)cc1Br. The minimum absolute atomic E-state index is 0.0101. The summed E-state index contributed by atoms with van der Waals surface area (Å²) in [4.78, 5) is 24.8. The van der Waals surface area contributed by atoms with Gasteiger partial charge in [0.05, 0.1) is 16.0 Å². The molecular formula is C11H7BrClFN2O2. The first-order valence-electron chi connectivity index (χ1n) is 4.90. The van der Waals surface area contributed by atoms with Crippen molar-refractivity contribution >= 4 is 27.5 Å². The average molecular weight is 334 g/mol. The Labute approximate surface area is 114 Å². The van der Waals surface area contributed by atoms with Crippen LogP contribution in [0, 0.1) is 5.82 Å². The number of aromatic nitrogens is 2. The highest BCUT2D eigenvalue weighted by Gasteiger charge is 2.05. The third-order valence-corrected chi connectivity index (χ3v) is 3.16. The summed E-state index contributed by atoms with van der Waals surface area (Å²) < 4.78 is 14.5. The number of rotatable bonds is 2.